The second-order valence-electron chi connectivity index (χ2n) is 10.4. The summed E-state index contributed by atoms with van der Waals surface area (Å²) in [6.45, 7) is 3.96. The lowest BCUT2D eigenvalue weighted by atomic mass is 9.58. The highest BCUT2D eigenvalue weighted by Gasteiger charge is 2.72. The molecule has 6 atom stereocenters. The molecule has 1 unspecified atom stereocenters. The van der Waals surface area contributed by atoms with Gasteiger partial charge in [-0.05, 0) is 53.6 Å². The first-order valence-corrected chi connectivity index (χ1v) is 13.9. The summed E-state index contributed by atoms with van der Waals surface area (Å²) in [5.41, 5.74) is -3.98. The van der Waals surface area contributed by atoms with Crippen LogP contribution in [0.15, 0.2) is 40.9 Å². The van der Waals surface area contributed by atoms with Gasteiger partial charge >= 0.3 is 0 Å². The molecule has 0 amide bonds. The van der Waals surface area contributed by atoms with Crippen LogP contribution in [0.3, 0.4) is 0 Å². The minimum absolute atomic E-state index is 0.242. The Balaban J connectivity index is 2.24. The van der Waals surface area contributed by atoms with Gasteiger partial charge in [-0.2, -0.15) is 0 Å². The van der Waals surface area contributed by atoms with Gasteiger partial charge in [0, 0.05) is 30.2 Å². The summed E-state index contributed by atoms with van der Waals surface area (Å²) in [6.07, 6.45) is -5.55. The lowest BCUT2D eigenvalue weighted by molar-refractivity contribution is -0.365. The summed E-state index contributed by atoms with van der Waals surface area (Å²) in [6, 6.07) is 11.4. The van der Waals surface area contributed by atoms with E-state index in [1.54, 1.807) is 12.1 Å². The van der Waals surface area contributed by atoms with Crippen molar-refractivity contribution in [3.63, 3.8) is 0 Å². The van der Waals surface area contributed by atoms with E-state index in [0.717, 1.165) is 23.1 Å². The maximum Gasteiger partial charge on any atom is 0.135 e. The van der Waals surface area contributed by atoms with Gasteiger partial charge in [0.1, 0.15) is 54.2 Å². The van der Waals surface area contributed by atoms with Crippen molar-refractivity contribution in [3.05, 3.63) is 68.7 Å². The topological polar surface area (TPSA) is 158 Å². The quantitative estimate of drug-likeness (QED) is 0.247. The Labute approximate surface area is 241 Å². The molecular weight excluding hydrogens is 584 g/mol. The molecule has 1 saturated heterocycles. The molecule has 0 saturated carbocycles. The predicted octanol–water partition coefficient (Wildman–Crippen LogP) is 2.26. The Bertz CT molecular complexity index is 1230. The second-order valence-corrected chi connectivity index (χ2v) is 11.2. The molecule has 2 aromatic rings. The van der Waals surface area contributed by atoms with Crippen LogP contribution in [-0.4, -0.2) is 74.6 Å². The number of aryl methyl sites for hydroxylation is 1. The van der Waals surface area contributed by atoms with Gasteiger partial charge in [0.25, 0.3) is 0 Å². The van der Waals surface area contributed by atoms with E-state index in [2.05, 4.69) is 22.9 Å². The third kappa shape index (κ3) is 5.61. The summed E-state index contributed by atoms with van der Waals surface area (Å²) >= 11 is 3.53. The summed E-state index contributed by atoms with van der Waals surface area (Å²) in [7, 11) is 0. The number of benzene rings is 2. The van der Waals surface area contributed by atoms with E-state index < -0.39 is 60.8 Å². The molecule has 0 radical (unpaired) electrons. The normalized spacial score (nSPS) is 29.0. The molecule has 0 bridgehead atoms. The van der Waals surface area contributed by atoms with Gasteiger partial charge in [-0.3, -0.25) is 0 Å². The first-order chi connectivity index (χ1) is 19.0. The standard InChI is InChI=1S/C30H35BrO9/c1-3-20-4-6-21(7-5-20)16-22-17-23(18-24(31)19(22)2)26-28(37,9-13-33)30(39,11-15-35)29(38,10-14-34)27(40-26)25(36)8-12-32/h4-7,12-15,17-18,25-27,36-39H,3,8-11,16H2,1-2H3/t25?,26-,27+,28-,29+,30+/m0/s1. The lowest BCUT2D eigenvalue weighted by Gasteiger charge is -2.61. The van der Waals surface area contributed by atoms with Crippen molar-refractivity contribution in [2.45, 2.75) is 87.5 Å². The zero-order valence-corrected chi connectivity index (χ0v) is 24.0. The van der Waals surface area contributed by atoms with Gasteiger partial charge in [-0.15, -0.1) is 0 Å². The van der Waals surface area contributed by atoms with E-state index in [1.807, 2.05) is 31.2 Å². The fraction of sp³-hybridized carbons (Fsp3) is 0.467. The van der Waals surface area contributed by atoms with E-state index in [1.165, 1.54) is 5.56 Å². The number of hydrogen-bond acceptors (Lipinski definition) is 9. The van der Waals surface area contributed by atoms with Gasteiger partial charge in [-0.25, -0.2) is 0 Å². The van der Waals surface area contributed by atoms with Crippen molar-refractivity contribution in [1.29, 1.82) is 0 Å². The Kier molecular flexibility index (Phi) is 10.3. The molecule has 0 aromatic heterocycles. The molecule has 4 N–H and O–H groups in total. The number of hydrogen-bond donors (Lipinski definition) is 4. The van der Waals surface area contributed by atoms with Crippen LogP contribution in [0.2, 0.25) is 0 Å². The zero-order valence-electron chi connectivity index (χ0n) is 22.5. The second kappa shape index (κ2) is 12.9. The van der Waals surface area contributed by atoms with Crippen molar-refractivity contribution in [2.24, 2.45) is 0 Å². The lowest BCUT2D eigenvalue weighted by Crippen LogP contribution is -2.79. The van der Waals surface area contributed by atoms with E-state index in [9.17, 15) is 39.6 Å². The van der Waals surface area contributed by atoms with Crippen molar-refractivity contribution >= 4 is 41.1 Å². The third-order valence-electron chi connectivity index (χ3n) is 8.08. The monoisotopic (exact) mass is 618 g/mol. The van der Waals surface area contributed by atoms with E-state index in [0.29, 0.717) is 23.5 Å². The average Bonchev–Trinajstić information content (AvgIpc) is 2.91. The third-order valence-corrected chi connectivity index (χ3v) is 8.90. The van der Waals surface area contributed by atoms with Crippen LogP contribution in [0, 0.1) is 6.92 Å². The highest BCUT2D eigenvalue weighted by Crippen LogP contribution is 2.55. The molecule has 216 valence electrons. The number of aliphatic hydroxyl groups is 4. The van der Waals surface area contributed by atoms with Crippen molar-refractivity contribution in [2.75, 3.05) is 0 Å². The number of carbonyl (C=O) groups is 4. The Morgan fingerprint density at radius 3 is 2.02 bits per heavy atom. The highest BCUT2D eigenvalue weighted by molar-refractivity contribution is 9.10. The molecular formula is C30H35BrO9. The van der Waals surface area contributed by atoms with Crippen LogP contribution >= 0.6 is 15.9 Å². The fourth-order valence-electron chi connectivity index (χ4n) is 5.68. The number of aldehydes is 4. The Hall–Kier alpha value is -2.60. The van der Waals surface area contributed by atoms with Gasteiger partial charge in [0.2, 0.25) is 0 Å². The largest absolute Gasteiger partial charge is 0.390 e. The zero-order chi connectivity index (χ0) is 29.7. The molecule has 1 aliphatic rings. The van der Waals surface area contributed by atoms with Gasteiger partial charge in [0.15, 0.2) is 0 Å². The molecule has 10 heteroatoms. The average molecular weight is 620 g/mol. The van der Waals surface area contributed by atoms with Crippen LogP contribution in [-0.2, 0) is 36.8 Å². The Morgan fingerprint density at radius 1 is 0.900 bits per heavy atom. The summed E-state index contributed by atoms with van der Waals surface area (Å²) < 4.78 is 6.70. The SMILES string of the molecule is CCc1ccc(Cc2cc([C@@H]3O[C@H](C(O)CC=O)[C@](O)(CC=O)[C@@](O)(CC=O)[C@]3(O)CC=O)cc(Br)c2C)cc1. The highest BCUT2D eigenvalue weighted by atomic mass is 79.9. The first-order valence-electron chi connectivity index (χ1n) is 13.1. The summed E-state index contributed by atoms with van der Waals surface area (Å²) in [5, 5.41) is 46.4. The molecule has 0 spiro atoms. The minimum Gasteiger partial charge on any atom is -0.390 e. The number of rotatable bonds is 13. The van der Waals surface area contributed by atoms with Gasteiger partial charge in [0.05, 0.1) is 6.10 Å². The fourth-order valence-corrected chi connectivity index (χ4v) is 6.20. The molecule has 0 aliphatic carbocycles. The minimum atomic E-state index is -2.82. The van der Waals surface area contributed by atoms with Crippen LogP contribution in [0.1, 0.15) is 66.5 Å². The van der Waals surface area contributed by atoms with Gasteiger partial charge in [-0.1, -0.05) is 53.2 Å². The van der Waals surface area contributed by atoms with Crippen LogP contribution in [0.4, 0.5) is 0 Å². The van der Waals surface area contributed by atoms with Crippen molar-refractivity contribution in [3.8, 4) is 0 Å². The van der Waals surface area contributed by atoms with E-state index >= 15 is 0 Å². The molecule has 3 rings (SSSR count). The van der Waals surface area contributed by atoms with Crippen molar-refractivity contribution in [1.82, 2.24) is 0 Å². The molecule has 9 nitrogen and oxygen atoms in total. The summed E-state index contributed by atoms with van der Waals surface area (Å²) in [4.78, 5) is 46.5. The van der Waals surface area contributed by atoms with Crippen LogP contribution in [0.5, 0.6) is 0 Å². The summed E-state index contributed by atoms with van der Waals surface area (Å²) in [5.74, 6) is 0. The number of ether oxygens (including phenoxy) is 1. The van der Waals surface area contributed by atoms with E-state index in [4.69, 9.17) is 4.74 Å². The molecule has 1 fully saturated rings. The number of halogens is 1. The molecule has 1 heterocycles. The Morgan fingerprint density at radius 2 is 1.48 bits per heavy atom. The molecule has 2 aromatic carbocycles. The maximum atomic E-state index is 12.0. The molecule has 40 heavy (non-hydrogen) atoms. The van der Waals surface area contributed by atoms with Crippen LogP contribution in [0.25, 0.3) is 0 Å². The van der Waals surface area contributed by atoms with E-state index in [-0.39, 0.29) is 18.1 Å². The maximum absolute atomic E-state index is 12.0. The number of aliphatic hydroxyl groups excluding tert-OH is 1. The number of carbonyl (C=O) groups excluding carboxylic acids is 4. The molecule has 1 aliphatic heterocycles. The smallest absolute Gasteiger partial charge is 0.135 e. The van der Waals surface area contributed by atoms with Crippen LogP contribution < -0.4 is 0 Å². The van der Waals surface area contributed by atoms with Gasteiger partial charge < -0.3 is 44.3 Å². The van der Waals surface area contributed by atoms with Crippen molar-refractivity contribution < 1.29 is 44.3 Å². The first kappa shape index (κ1) is 31.9. The predicted molar refractivity (Wildman–Crippen MR) is 149 cm³/mol.